The van der Waals surface area contributed by atoms with Crippen LogP contribution in [0.4, 0.5) is 11.5 Å². The van der Waals surface area contributed by atoms with Crippen molar-refractivity contribution in [2.75, 3.05) is 25.7 Å². The molecule has 2 rings (SSSR count). The molecule has 8 heteroatoms. The first kappa shape index (κ1) is 16.9. The van der Waals surface area contributed by atoms with E-state index in [0.29, 0.717) is 22.8 Å². The zero-order chi connectivity index (χ0) is 17.9. The summed E-state index contributed by atoms with van der Waals surface area (Å²) in [7, 11) is 3.07. The van der Waals surface area contributed by atoms with Crippen LogP contribution in [-0.4, -0.2) is 24.6 Å². The summed E-state index contributed by atoms with van der Waals surface area (Å²) in [5, 5.41) is 13.3. The quantitative estimate of drug-likeness (QED) is 0.811. The topological polar surface area (TPSA) is 129 Å². The molecule has 0 atom stereocenters. The summed E-state index contributed by atoms with van der Waals surface area (Å²) >= 11 is 0. The molecule has 8 nitrogen and oxygen atoms in total. The Morgan fingerprint density at radius 3 is 2.54 bits per heavy atom. The first-order chi connectivity index (χ1) is 11.4. The Balaban J connectivity index is 2.66. The largest absolute Gasteiger partial charge is 0.497 e. The van der Waals surface area contributed by atoms with Crippen molar-refractivity contribution in [2.45, 2.75) is 6.92 Å². The number of rotatable bonds is 4. The molecule has 0 spiro atoms. The third-order valence-corrected chi connectivity index (χ3v) is 3.40. The van der Waals surface area contributed by atoms with E-state index in [1.807, 2.05) is 0 Å². The highest BCUT2D eigenvalue weighted by Gasteiger charge is 2.13. The molecule has 1 aromatic heterocycles. The Morgan fingerprint density at radius 1 is 1.25 bits per heavy atom. The number of hydrogen-bond donors (Lipinski definition) is 2. The predicted octanol–water partition coefficient (Wildman–Crippen LogP) is 1.17. The second kappa shape index (κ2) is 6.75. The first-order valence-electron chi connectivity index (χ1n) is 6.92. The highest BCUT2D eigenvalue weighted by molar-refractivity contribution is 6.01. The number of benzene rings is 1. The molecule has 24 heavy (non-hydrogen) atoms. The lowest BCUT2D eigenvalue weighted by Gasteiger charge is -2.12. The van der Waals surface area contributed by atoms with Crippen molar-refractivity contribution in [1.29, 1.82) is 5.26 Å². The molecule has 1 aromatic carbocycles. The number of nitrogens with two attached hydrogens (primary N) is 2. The lowest BCUT2D eigenvalue weighted by molar-refractivity contribution is 0.402. The highest BCUT2D eigenvalue weighted by atomic mass is 16.5. The zero-order valence-corrected chi connectivity index (χ0v) is 13.5. The van der Waals surface area contributed by atoms with Crippen molar-refractivity contribution in [1.82, 2.24) is 4.68 Å². The third kappa shape index (κ3) is 3.01. The zero-order valence-electron chi connectivity index (χ0n) is 13.5. The van der Waals surface area contributed by atoms with Crippen LogP contribution in [0, 0.1) is 11.3 Å². The number of pyridine rings is 1. The summed E-state index contributed by atoms with van der Waals surface area (Å²) in [5.74, 6) is 1.19. The fraction of sp³-hybridized carbons (Fsp3) is 0.188. The van der Waals surface area contributed by atoms with Crippen molar-refractivity contribution in [2.24, 2.45) is 5.10 Å². The van der Waals surface area contributed by atoms with Crippen LogP contribution in [0.3, 0.4) is 0 Å². The molecular formula is C16H17N5O3. The number of anilines is 2. The Bertz CT molecular complexity index is 909. The minimum atomic E-state index is -0.684. The lowest BCUT2D eigenvalue weighted by Crippen LogP contribution is -2.24. The third-order valence-electron chi connectivity index (χ3n) is 3.40. The van der Waals surface area contributed by atoms with E-state index in [0.717, 1.165) is 4.68 Å². The van der Waals surface area contributed by atoms with Crippen LogP contribution >= 0.6 is 0 Å². The summed E-state index contributed by atoms with van der Waals surface area (Å²) in [6.07, 6.45) is 0. The van der Waals surface area contributed by atoms with E-state index in [-0.39, 0.29) is 17.1 Å². The minimum Gasteiger partial charge on any atom is -0.497 e. The number of nitrogens with zero attached hydrogens (tertiary/aromatic N) is 3. The van der Waals surface area contributed by atoms with Crippen LogP contribution in [-0.2, 0) is 0 Å². The second-order valence-corrected chi connectivity index (χ2v) is 4.88. The molecule has 0 aliphatic rings. The van der Waals surface area contributed by atoms with E-state index in [2.05, 4.69) is 5.10 Å². The second-order valence-electron chi connectivity index (χ2n) is 4.88. The molecule has 1 heterocycles. The number of ether oxygens (including phenoxy) is 2. The van der Waals surface area contributed by atoms with E-state index in [9.17, 15) is 4.79 Å². The summed E-state index contributed by atoms with van der Waals surface area (Å²) in [6.45, 7) is 1.69. The fourth-order valence-corrected chi connectivity index (χ4v) is 2.16. The fourth-order valence-electron chi connectivity index (χ4n) is 2.16. The standard InChI is InChI=1S/C16H17N5O3/c1-9(11-6-10(23-2)4-5-14(11)24-3)20-21-15(19)7-13(18)12(8-17)16(21)22/h4-7H,18-19H2,1-3H3. The maximum Gasteiger partial charge on any atom is 0.292 e. The van der Waals surface area contributed by atoms with E-state index < -0.39 is 5.56 Å². The molecule has 0 amide bonds. The number of methoxy groups -OCH3 is 2. The first-order valence-corrected chi connectivity index (χ1v) is 6.92. The maximum absolute atomic E-state index is 12.3. The molecule has 0 bridgehead atoms. The predicted molar refractivity (Wildman–Crippen MR) is 91.4 cm³/mol. The Labute approximate surface area is 138 Å². The van der Waals surface area contributed by atoms with Crippen LogP contribution in [0.5, 0.6) is 11.5 Å². The molecule has 0 aliphatic heterocycles. The van der Waals surface area contributed by atoms with Gasteiger partial charge in [0.25, 0.3) is 5.56 Å². The molecule has 0 saturated heterocycles. The van der Waals surface area contributed by atoms with Gasteiger partial charge in [-0.2, -0.15) is 15.0 Å². The lowest BCUT2D eigenvalue weighted by atomic mass is 10.1. The average Bonchev–Trinajstić information content (AvgIpc) is 2.58. The molecule has 124 valence electrons. The van der Waals surface area contributed by atoms with Gasteiger partial charge in [0.2, 0.25) is 0 Å². The van der Waals surface area contributed by atoms with Gasteiger partial charge in [-0.05, 0) is 25.1 Å². The van der Waals surface area contributed by atoms with Crippen LogP contribution in [0.15, 0.2) is 34.2 Å². The van der Waals surface area contributed by atoms with E-state index in [1.165, 1.54) is 13.2 Å². The monoisotopic (exact) mass is 327 g/mol. The molecule has 0 aliphatic carbocycles. The van der Waals surface area contributed by atoms with Gasteiger partial charge in [-0.25, -0.2) is 0 Å². The number of nitrogen functional groups attached to an aromatic ring is 2. The Morgan fingerprint density at radius 2 is 1.96 bits per heavy atom. The number of aromatic nitrogens is 1. The van der Waals surface area contributed by atoms with Crippen molar-refractivity contribution >= 4 is 17.2 Å². The normalized spacial score (nSPS) is 11.0. The molecule has 4 N–H and O–H groups in total. The molecule has 2 aromatic rings. The van der Waals surface area contributed by atoms with Gasteiger partial charge in [-0.1, -0.05) is 0 Å². The van der Waals surface area contributed by atoms with Gasteiger partial charge < -0.3 is 20.9 Å². The van der Waals surface area contributed by atoms with Gasteiger partial charge in [-0.3, -0.25) is 4.79 Å². The van der Waals surface area contributed by atoms with Crippen LogP contribution in [0.1, 0.15) is 18.1 Å². The molecule has 0 fully saturated rings. The maximum atomic E-state index is 12.3. The number of hydrogen-bond acceptors (Lipinski definition) is 7. The summed E-state index contributed by atoms with van der Waals surface area (Å²) in [4.78, 5) is 12.3. The van der Waals surface area contributed by atoms with E-state index >= 15 is 0 Å². The molecule has 0 saturated carbocycles. The van der Waals surface area contributed by atoms with Crippen LogP contribution in [0.25, 0.3) is 0 Å². The SMILES string of the molecule is COc1ccc(OC)c(C(C)=Nn2c(N)cc(N)c(C#N)c2=O)c1. The average molecular weight is 327 g/mol. The van der Waals surface area contributed by atoms with Gasteiger partial charge in [0.1, 0.15) is 28.9 Å². The minimum absolute atomic E-state index is 0.0167. The van der Waals surface area contributed by atoms with Gasteiger partial charge in [0.05, 0.1) is 25.6 Å². The van der Waals surface area contributed by atoms with Gasteiger partial charge in [0, 0.05) is 11.6 Å². The molecule has 0 radical (unpaired) electrons. The summed E-state index contributed by atoms with van der Waals surface area (Å²) in [5.41, 5.74) is 11.6. The van der Waals surface area contributed by atoms with E-state index in [1.54, 1.807) is 38.3 Å². The Hall–Kier alpha value is -3.47. The molecule has 0 unspecified atom stereocenters. The van der Waals surface area contributed by atoms with Crippen LogP contribution < -0.4 is 26.5 Å². The van der Waals surface area contributed by atoms with Crippen molar-refractivity contribution in [3.63, 3.8) is 0 Å². The van der Waals surface area contributed by atoms with Gasteiger partial charge in [-0.15, -0.1) is 0 Å². The highest BCUT2D eigenvalue weighted by Crippen LogP contribution is 2.25. The number of nitriles is 1. The summed E-state index contributed by atoms with van der Waals surface area (Å²) < 4.78 is 11.4. The summed E-state index contributed by atoms with van der Waals surface area (Å²) in [6, 6.07) is 8.27. The van der Waals surface area contributed by atoms with Crippen molar-refractivity contribution in [3.8, 4) is 17.6 Å². The van der Waals surface area contributed by atoms with E-state index in [4.69, 9.17) is 26.2 Å². The smallest absolute Gasteiger partial charge is 0.292 e. The van der Waals surface area contributed by atoms with Gasteiger partial charge in [0.15, 0.2) is 0 Å². The van der Waals surface area contributed by atoms with Crippen molar-refractivity contribution < 1.29 is 9.47 Å². The Kier molecular flexibility index (Phi) is 4.75. The van der Waals surface area contributed by atoms with Gasteiger partial charge >= 0.3 is 0 Å². The van der Waals surface area contributed by atoms with Crippen molar-refractivity contribution in [3.05, 3.63) is 45.7 Å². The molecular weight excluding hydrogens is 310 g/mol. The van der Waals surface area contributed by atoms with Crippen LogP contribution in [0.2, 0.25) is 0 Å².